The van der Waals surface area contributed by atoms with Gasteiger partial charge >= 0.3 is 5.97 Å². The molecule has 0 aromatic carbocycles. The van der Waals surface area contributed by atoms with Gasteiger partial charge in [-0.1, -0.05) is 12.1 Å². The zero-order valence-electron chi connectivity index (χ0n) is 15.5. The second kappa shape index (κ2) is 7.97. The van der Waals surface area contributed by atoms with Gasteiger partial charge in [-0.15, -0.1) is 11.3 Å². The van der Waals surface area contributed by atoms with Gasteiger partial charge in [0.15, 0.2) is 22.3 Å². The molecule has 1 unspecified atom stereocenters. The number of nitrogens with two attached hydrogens (primary N) is 1. The first-order chi connectivity index (χ1) is 13.8. The molecule has 29 heavy (non-hydrogen) atoms. The second-order valence-corrected chi connectivity index (χ2v) is 7.02. The first-order valence-electron chi connectivity index (χ1n) is 8.50. The number of hydrazine groups is 1. The summed E-state index contributed by atoms with van der Waals surface area (Å²) in [6, 6.07) is -1.03. The first kappa shape index (κ1) is 20.4. The van der Waals surface area contributed by atoms with Gasteiger partial charge in [0.1, 0.15) is 18.8 Å². The number of aliphatic carboxylic acids is 1. The summed E-state index contributed by atoms with van der Waals surface area (Å²) in [5.74, 6) is -3.13. The number of carboxylic acids is 1. The molecule has 2 aliphatic rings. The maximum Gasteiger partial charge on any atom is 0.354 e. The molecule has 0 spiro atoms. The van der Waals surface area contributed by atoms with Crippen LogP contribution in [0.2, 0.25) is 0 Å². The number of ketones is 1. The fourth-order valence-corrected chi connectivity index (χ4v) is 3.66. The van der Waals surface area contributed by atoms with E-state index in [0.29, 0.717) is 0 Å². The molecular formula is C16H18N6O6S. The summed E-state index contributed by atoms with van der Waals surface area (Å²) < 4.78 is 0. The summed E-state index contributed by atoms with van der Waals surface area (Å²) in [5, 5.41) is 19.7. The van der Waals surface area contributed by atoms with Crippen molar-refractivity contribution in [1.29, 1.82) is 0 Å². The number of carboxylic acid groups (broad SMARTS) is 1. The molecule has 0 radical (unpaired) electrons. The highest BCUT2D eigenvalue weighted by Gasteiger charge is 2.49. The normalized spacial score (nSPS) is 19.5. The van der Waals surface area contributed by atoms with Crippen molar-refractivity contribution < 1.29 is 29.1 Å². The number of aromatic nitrogens is 1. The third-order valence-corrected chi connectivity index (χ3v) is 5.02. The Bertz CT molecular complexity index is 953. The number of nitrogens with one attached hydrogen (secondary N) is 1. The van der Waals surface area contributed by atoms with Crippen molar-refractivity contribution in [2.45, 2.75) is 19.4 Å². The third-order valence-electron chi connectivity index (χ3n) is 4.35. The Morgan fingerprint density at radius 3 is 2.76 bits per heavy atom. The molecule has 12 nitrogen and oxygen atoms in total. The van der Waals surface area contributed by atoms with Crippen LogP contribution in [0.4, 0.5) is 5.13 Å². The molecule has 1 aromatic heterocycles. The summed E-state index contributed by atoms with van der Waals surface area (Å²) >= 11 is 1.10. The van der Waals surface area contributed by atoms with Crippen LogP contribution >= 0.6 is 11.3 Å². The molecule has 1 atom stereocenters. The van der Waals surface area contributed by atoms with Crippen LogP contribution in [0.3, 0.4) is 0 Å². The molecule has 4 N–H and O–H groups in total. The van der Waals surface area contributed by atoms with E-state index in [1.54, 1.807) is 6.92 Å². The number of nitrogen functional groups attached to an aromatic ring is 1. The van der Waals surface area contributed by atoms with Crippen molar-refractivity contribution >= 4 is 45.7 Å². The fraction of sp³-hybridized carbons (Fsp3) is 0.375. The molecule has 154 valence electrons. The minimum absolute atomic E-state index is 0.00130. The fourth-order valence-electron chi connectivity index (χ4n) is 3.11. The zero-order valence-corrected chi connectivity index (χ0v) is 16.4. The van der Waals surface area contributed by atoms with Crippen LogP contribution in [0.25, 0.3) is 0 Å². The number of carbonyl (C=O) groups excluding carboxylic acids is 3. The van der Waals surface area contributed by atoms with Crippen LogP contribution < -0.4 is 11.1 Å². The molecule has 0 bridgehead atoms. The highest BCUT2D eigenvalue weighted by atomic mass is 32.1. The van der Waals surface area contributed by atoms with Gasteiger partial charge in [-0.25, -0.2) is 19.8 Å². The number of oxime groups is 1. The topological polar surface area (TPSA) is 168 Å². The lowest BCUT2D eigenvalue weighted by atomic mass is 10.1. The number of nitrogens with zero attached hydrogens (tertiary/aromatic N) is 4. The highest BCUT2D eigenvalue weighted by molar-refractivity contribution is 7.13. The molecule has 3 heterocycles. The molecular weight excluding hydrogens is 404 g/mol. The molecule has 1 fully saturated rings. The van der Waals surface area contributed by atoms with E-state index in [9.17, 15) is 24.3 Å². The Morgan fingerprint density at radius 1 is 1.48 bits per heavy atom. The lowest BCUT2D eigenvalue weighted by Gasteiger charge is -2.19. The standard InChI is InChI=1S/C16H18N6O6S/c1-3-10(23)7-4-21-5-8(14(25)22(21)12(7)15(26)27)18-13(24)11(20-28-2)9-6-29-16(17)19-9/h6,8H,3-5H2,1-2H3,(H2,17,19)(H,18,24)(H,26,27)/b20-11+. The molecule has 1 saturated heterocycles. The Kier molecular flexibility index (Phi) is 5.61. The van der Waals surface area contributed by atoms with Crippen molar-refractivity contribution in [1.82, 2.24) is 20.3 Å². The monoisotopic (exact) mass is 422 g/mol. The molecule has 13 heteroatoms. The predicted octanol–water partition coefficient (Wildman–Crippen LogP) is -1.05. The number of anilines is 1. The van der Waals surface area contributed by atoms with E-state index < -0.39 is 23.8 Å². The zero-order chi connectivity index (χ0) is 21.3. The van der Waals surface area contributed by atoms with Crippen molar-refractivity contribution in [3.63, 3.8) is 0 Å². The lowest BCUT2D eigenvalue weighted by Crippen LogP contribution is -2.46. The minimum Gasteiger partial charge on any atom is -0.477 e. The van der Waals surface area contributed by atoms with Crippen molar-refractivity contribution in [2.75, 3.05) is 25.9 Å². The van der Waals surface area contributed by atoms with Gasteiger partial charge in [-0.3, -0.25) is 14.4 Å². The van der Waals surface area contributed by atoms with Crippen molar-refractivity contribution in [3.05, 3.63) is 22.3 Å². The summed E-state index contributed by atoms with van der Waals surface area (Å²) in [6.45, 7) is 1.59. The Hall–Kier alpha value is -3.32. The highest BCUT2D eigenvalue weighted by Crippen LogP contribution is 2.30. The van der Waals surface area contributed by atoms with E-state index in [0.717, 1.165) is 16.3 Å². The summed E-state index contributed by atoms with van der Waals surface area (Å²) in [6.07, 6.45) is 0.121. The predicted molar refractivity (Wildman–Crippen MR) is 100 cm³/mol. The van der Waals surface area contributed by atoms with Crippen LogP contribution in [0, 0.1) is 0 Å². The molecule has 0 aliphatic carbocycles. The molecule has 3 rings (SSSR count). The van der Waals surface area contributed by atoms with Crippen LogP contribution in [-0.2, 0) is 24.0 Å². The molecule has 1 aromatic rings. The summed E-state index contributed by atoms with van der Waals surface area (Å²) in [5.41, 5.74) is 5.27. The summed E-state index contributed by atoms with van der Waals surface area (Å²) in [4.78, 5) is 57.8. The lowest BCUT2D eigenvalue weighted by molar-refractivity contribution is -0.143. The number of amides is 2. The number of rotatable bonds is 7. The third kappa shape index (κ3) is 3.69. The van der Waals surface area contributed by atoms with Crippen LogP contribution in [0.15, 0.2) is 21.8 Å². The maximum atomic E-state index is 12.8. The van der Waals surface area contributed by atoms with E-state index in [4.69, 9.17) is 5.73 Å². The summed E-state index contributed by atoms with van der Waals surface area (Å²) in [7, 11) is 1.25. The average molecular weight is 422 g/mol. The van der Waals surface area contributed by atoms with Gasteiger partial charge < -0.3 is 21.0 Å². The van der Waals surface area contributed by atoms with E-state index in [1.165, 1.54) is 17.5 Å². The second-order valence-electron chi connectivity index (χ2n) is 6.13. The average Bonchev–Trinajstić information content (AvgIpc) is 3.34. The number of fused-ring (bicyclic) bond motifs is 1. The van der Waals surface area contributed by atoms with Gasteiger partial charge in [0.2, 0.25) is 0 Å². The van der Waals surface area contributed by atoms with Gasteiger partial charge in [0.05, 0.1) is 0 Å². The van der Waals surface area contributed by atoms with Gasteiger partial charge in [-0.05, 0) is 0 Å². The van der Waals surface area contributed by atoms with E-state index in [2.05, 4.69) is 20.3 Å². The Morgan fingerprint density at radius 2 is 2.21 bits per heavy atom. The molecule has 2 aliphatic heterocycles. The Balaban J connectivity index is 1.81. The van der Waals surface area contributed by atoms with E-state index >= 15 is 0 Å². The van der Waals surface area contributed by atoms with Gasteiger partial charge in [-0.2, -0.15) is 0 Å². The number of hydrogen-bond acceptors (Lipinski definition) is 10. The number of Topliss-reactive ketones (excluding diaryl/α,β-unsaturated/α-hetero) is 1. The van der Waals surface area contributed by atoms with Crippen LogP contribution in [0.5, 0.6) is 0 Å². The maximum absolute atomic E-state index is 12.8. The quantitative estimate of drug-likeness (QED) is 0.367. The molecule has 2 amide bonds. The number of carbonyl (C=O) groups is 4. The largest absolute Gasteiger partial charge is 0.477 e. The number of thiazole rings is 1. The van der Waals surface area contributed by atoms with Crippen LogP contribution in [-0.4, -0.2) is 75.6 Å². The van der Waals surface area contributed by atoms with Gasteiger partial charge in [0.25, 0.3) is 11.8 Å². The number of hydrogen-bond donors (Lipinski definition) is 3. The van der Waals surface area contributed by atoms with E-state index in [-0.39, 0.29) is 53.1 Å². The van der Waals surface area contributed by atoms with Crippen molar-refractivity contribution in [3.8, 4) is 0 Å². The SMILES string of the molecule is CCC(=O)C1=C(C(=O)O)N2C(=O)C(NC(=O)/C(=N/OC)c3csc(N)n3)CN2C1. The molecule has 0 saturated carbocycles. The Labute approximate surface area is 168 Å². The van der Waals surface area contributed by atoms with Gasteiger partial charge in [0, 0.05) is 30.5 Å². The van der Waals surface area contributed by atoms with Crippen molar-refractivity contribution in [2.24, 2.45) is 5.16 Å². The van der Waals surface area contributed by atoms with E-state index in [1.807, 2.05) is 0 Å². The smallest absolute Gasteiger partial charge is 0.354 e. The first-order valence-corrected chi connectivity index (χ1v) is 9.38. The minimum atomic E-state index is -1.38. The van der Waals surface area contributed by atoms with Crippen LogP contribution in [0.1, 0.15) is 19.0 Å².